The lowest BCUT2D eigenvalue weighted by atomic mass is 9.94. The fourth-order valence-corrected chi connectivity index (χ4v) is 3.71. The molecule has 0 aromatic heterocycles. The van der Waals surface area contributed by atoms with E-state index in [-0.39, 0.29) is 24.5 Å². The molecule has 0 amide bonds. The van der Waals surface area contributed by atoms with Gasteiger partial charge in [0.05, 0.1) is 31.9 Å². The first-order chi connectivity index (χ1) is 12.5. The standard InChI is InChI=1S/C19H31N3O4/c1-21(2)9-10-22(3)17-18(23)16(15-12-25-19(17)26-15)20-11-13-7-5-6-8-14(13)24-4/h5-8,15-20,23H,9-12H2,1-4H3/t15-,16+,17-,18-,19+/m0/s1. The minimum Gasteiger partial charge on any atom is -0.496 e. The van der Waals surface area contributed by atoms with Crippen LogP contribution in [0.15, 0.2) is 24.3 Å². The van der Waals surface area contributed by atoms with E-state index < -0.39 is 6.10 Å². The predicted octanol–water partition coefficient (Wildman–Crippen LogP) is 0.131. The molecule has 146 valence electrons. The van der Waals surface area contributed by atoms with Crippen LogP contribution in [0.5, 0.6) is 5.75 Å². The molecule has 7 nitrogen and oxygen atoms in total. The van der Waals surface area contributed by atoms with Crippen molar-refractivity contribution >= 4 is 0 Å². The maximum atomic E-state index is 11.0. The Morgan fingerprint density at radius 3 is 2.73 bits per heavy atom. The van der Waals surface area contributed by atoms with Gasteiger partial charge in [0.25, 0.3) is 0 Å². The highest BCUT2D eigenvalue weighted by Crippen LogP contribution is 2.31. The number of para-hydroxylation sites is 1. The smallest absolute Gasteiger partial charge is 0.176 e. The number of nitrogens with one attached hydrogen (secondary N) is 1. The number of nitrogens with zero attached hydrogens (tertiary/aromatic N) is 2. The van der Waals surface area contributed by atoms with E-state index in [1.54, 1.807) is 7.11 Å². The lowest BCUT2D eigenvalue weighted by molar-refractivity contribution is -0.179. The van der Waals surface area contributed by atoms with Crippen LogP contribution >= 0.6 is 0 Å². The summed E-state index contributed by atoms with van der Waals surface area (Å²) < 4.78 is 17.3. The molecule has 2 heterocycles. The van der Waals surface area contributed by atoms with Crippen molar-refractivity contribution in [1.29, 1.82) is 0 Å². The first-order valence-corrected chi connectivity index (χ1v) is 9.16. The maximum absolute atomic E-state index is 11.0. The molecule has 2 aliphatic heterocycles. The molecule has 2 N–H and O–H groups in total. The zero-order valence-electron chi connectivity index (χ0n) is 16.1. The quantitative estimate of drug-likeness (QED) is 0.679. The molecular weight excluding hydrogens is 334 g/mol. The van der Waals surface area contributed by atoms with Crippen molar-refractivity contribution in [2.45, 2.75) is 37.1 Å². The number of benzene rings is 1. The van der Waals surface area contributed by atoms with Gasteiger partial charge in [0, 0.05) is 25.2 Å². The van der Waals surface area contributed by atoms with E-state index in [1.807, 2.05) is 45.4 Å². The Labute approximate surface area is 155 Å². The molecule has 2 aliphatic rings. The van der Waals surface area contributed by atoms with Gasteiger partial charge in [-0.25, -0.2) is 0 Å². The number of aliphatic hydroxyl groups is 1. The predicted molar refractivity (Wildman–Crippen MR) is 99.2 cm³/mol. The van der Waals surface area contributed by atoms with Gasteiger partial charge in [0.2, 0.25) is 0 Å². The van der Waals surface area contributed by atoms with E-state index in [2.05, 4.69) is 15.1 Å². The molecule has 0 aliphatic carbocycles. The van der Waals surface area contributed by atoms with Crippen LogP contribution in [0.1, 0.15) is 5.56 Å². The summed E-state index contributed by atoms with van der Waals surface area (Å²) in [5.41, 5.74) is 1.06. The molecule has 0 spiro atoms. The van der Waals surface area contributed by atoms with Crippen LogP contribution in [0, 0.1) is 0 Å². The number of ether oxygens (including phenoxy) is 3. The monoisotopic (exact) mass is 365 g/mol. The molecule has 1 aromatic rings. The van der Waals surface area contributed by atoms with Crippen LogP contribution in [0.3, 0.4) is 0 Å². The number of likely N-dealkylation sites (N-methyl/N-ethyl adjacent to an activating group) is 2. The first-order valence-electron chi connectivity index (χ1n) is 9.16. The highest BCUT2D eigenvalue weighted by molar-refractivity contribution is 5.33. The topological polar surface area (TPSA) is 66.4 Å². The average Bonchev–Trinajstić information content (AvgIpc) is 3.05. The van der Waals surface area contributed by atoms with Gasteiger partial charge in [-0.3, -0.25) is 4.90 Å². The Balaban J connectivity index is 1.67. The Bertz CT molecular complexity index is 586. The van der Waals surface area contributed by atoms with Crippen LogP contribution in [-0.2, 0) is 16.0 Å². The zero-order chi connectivity index (χ0) is 18.7. The second-order valence-corrected chi connectivity index (χ2v) is 7.36. The van der Waals surface area contributed by atoms with Crippen LogP contribution in [0.25, 0.3) is 0 Å². The molecule has 0 unspecified atom stereocenters. The first kappa shape index (κ1) is 19.5. The van der Waals surface area contributed by atoms with E-state index in [9.17, 15) is 5.11 Å². The van der Waals surface area contributed by atoms with E-state index in [0.29, 0.717) is 13.2 Å². The van der Waals surface area contributed by atoms with Gasteiger partial charge in [0.1, 0.15) is 11.9 Å². The SMILES string of the molecule is COc1ccccc1CN[C@H]1[C@H](O)[C@H](N(C)CCN(C)C)[C@@H]2OC[C@@H]1O2. The number of aliphatic hydroxyl groups excluding tert-OH is 1. The minimum atomic E-state index is -0.567. The second kappa shape index (κ2) is 8.65. The highest BCUT2D eigenvalue weighted by atomic mass is 16.7. The number of fused-ring (bicyclic) bond motifs is 2. The van der Waals surface area contributed by atoms with Gasteiger partial charge < -0.3 is 29.5 Å². The van der Waals surface area contributed by atoms with E-state index >= 15 is 0 Å². The molecule has 0 radical (unpaired) electrons. The van der Waals surface area contributed by atoms with Crippen molar-refractivity contribution in [3.05, 3.63) is 29.8 Å². The lowest BCUT2D eigenvalue weighted by Crippen LogP contribution is -2.64. The minimum absolute atomic E-state index is 0.136. The number of methoxy groups -OCH3 is 1. The second-order valence-electron chi connectivity index (χ2n) is 7.36. The van der Waals surface area contributed by atoms with Gasteiger partial charge in [-0.05, 0) is 27.2 Å². The van der Waals surface area contributed by atoms with Crippen molar-refractivity contribution in [3.63, 3.8) is 0 Å². The fourth-order valence-electron chi connectivity index (χ4n) is 3.71. The van der Waals surface area contributed by atoms with Crippen molar-refractivity contribution in [2.24, 2.45) is 0 Å². The molecule has 3 rings (SSSR count). The molecule has 2 bridgehead atoms. The third-order valence-electron chi connectivity index (χ3n) is 5.26. The van der Waals surface area contributed by atoms with Crippen LogP contribution < -0.4 is 10.1 Å². The Hall–Kier alpha value is -1.22. The molecule has 0 saturated carbocycles. The van der Waals surface area contributed by atoms with Crippen LogP contribution in [0.4, 0.5) is 0 Å². The van der Waals surface area contributed by atoms with Crippen LogP contribution in [0.2, 0.25) is 0 Å². The highest BCUT2D eigenvalue weighted by Gasteiger charge is 2.51. The van der Waals surface area contributed by atoms with Gasteiger partial charge in [-0.15, -0.1) is 0 Å². The van der Waals surface area contributed by atoms with Gasteiger partial charge in [0.15, 0.2) is 6.29 Å². The largest absolute Gasteiger partial charge is 0.496 e. The Morgan fingerprint density at radius 1 is 1.23 bits per heavy atom. The van der Waals surface area contributed by atoms with Gasteiger partial charge in [-0.2, -0.15) is 0 Å². The summed E-state index contributed by atoms with van der Waals surface area (Å²) in [4.78, 5) is 4.26. The summed E-state index contributed by atoms with van der Waals surface area (Å²) in [6.07, 6.45) is -1.07. The lowest BCUT2D eigenvalue weighted by Gasteiger charge is -2.43. The molecule has 2 saturated heterocycles. The normalized spacial score (nSPS) is 31.0. The molecule has 7 heteroatoms. The average molecular weight is 365 g/mol. The van der Waals surface area contributed by atoms with Crippen LogP contribution in [-0.4, -0.2) is 93.4 Å². The molecule has 2 fully saturated rings. The van der Waals surface area contributed by atoms with E-state index in [4.69, 9.17) is 14.2 Å². The summed E-state index contributed by atoms with van der Waals surface area (Å²) in [5, 5.41) is 14.5. The Kier molecular flexibility index (Phi) is 6.50. The summed E-state index contributed by atoms with van der Waals surface area (Å²) in [5.74, 6) is 0.839. The van der Waals surface area contributed by atoms with Gasteiger partial charge >= 0.3 is 0 Å². The Morgan fingerprint density at radius 2 is 2.00 bits per heavy atom. The number of hydrogen-bond acceptors (Lipinski definition) is 7. The molecule has 26 heavy (non-hydrogen) atoms. The third-order valence-corrected chi connectivity index (χ3v) is 5.26. The number of rotatable bonds is 8. The summed E-state index contributed by atoms with van der Waals surface area (Å²) in [6, 6.07) is 7.52. The summed E-state index contributed by atoms with van der Waals surface area (Å²) >= 11 is 0. The van der Waals surface area contributed by atoms with E-state index in [0.717, 1.165) is 24.4 Å². The molecular formula is C19H31N3O4. The summed E-state index contributed by atoms with van der Waals surface area (Å²) in [6.45, 7) is 2.85. The van der Waals surface area contributed by atoms with Crippen molar-refractivity contribution < 1.29 is 19.3 Å². The summed E-state index contributed by atoms with van der Waals surface area (Å²) in [7, 11) is 7.77. The molecule has 1 aromatic carbocycles. The van der Waals surface area contributed by atoms with E-state index in [1.165, 1.54) is 0 Å². The molecule has 5 atom stereocenters. The number of hydrogen-bond donors (Lipinski definition) is 2. The van der Waals surface area contributed by atoms with Crippen molar-refractivity contribution in [3.8, 4) is 5.75 Å². The fraction of sp³-hybridized carbons (Fsp3) is 0.684. The van der Waals surface area contributed by atoms with Gasteiger partial charge in [-0.1, -0.05) is 18.2 Å². The van der Waals surface area contributed by atoms with Crippen molar-refractivity contribution in [2.75, 3.05) is 47.9 Å². The van der Waals surface area contributed by atoms with Crippen molar-refractivity contribution in [1.82, 2.24) is 15.1 Å². The third kappa shape index (κ3) is 4.19. The zero-order valence-corrected chi connectivity index (χ0v) is 16.1. The maximum Gasteiger partial charge on any atom is 0.176 e.